The van der Waals surface area contributed by atoms with E-state index in [1.165, 1.54) is 0 Å². The third-order valence-corrected chi connectivity index (χ3v) is 2.04. The van der Waals surface area contributed by atoms with Gasteiger partial charge in [0.25, 0.3) is 0 Å². The zero-order valence-corrected chi connectivity index (χ0v) is 6.93. The highest BCUT2D eigenvalue weighted by Crippen LogP contribution is 2.36. The second-order valence-corrected chi connectivity index (χ2v) is 3.25. The molecule has 0 amide bonds. The first-order chi connectivity index (χ1) is 5.21. The molecule has 0 aromatic carbocycles. The smallest absolute Gasteiger partial charge is 0.131 e. The maximum absolute atomic E-state index is 5.71. The fraction of sp³-hybridized carbons (Fsp3) is 0.375. The molecule has 1 unspecified atom stereocenters. The van der Waals surface area contributed by atoms with Crippen LogP contribution in [-0.2, 0) is 10.3 Å². The minimum absolute atomic E-state index is 0.162. The lowest BCUT2D eigenvalue weighted by atomic mass is 10.1. The zero-order valence-electron chi connectivity index (χ0n) is 6.17. The first-order valence-electron chi connectivity index (χ1n) is 3.48. The Bertz CT molecular complexity index is 283. The van der Waals surface area contributed by atoms with E-state index in [9.17, 15) is 0 Å². The van der Waals surface area contributed by atoms with E-state index in [0.29, 0.717) is 5.15 Å². The summed E-state index contributed by atoms with van der Waals surface area (Å²) in [5, 5.41) is 0.527. The molecule has 0 bridgehead atoms. The molecular formula is C8H8ClNO. The largest absolute Gasteiger partial charge is 0.363 e. The molecule has 58 valence electrons. The normalized spacial score (nSPS) is 28.5. The van der Waals surface area contributed by atoms with Crippen molar-refractivity contribution >= 4 is 11.6 Å². The number of epoxide rings is 1. The van der Waals surface area contributed by atoms with E-state index < -0.39 is 0 Å². The molecule has 1 aliphatic heterocycles. The summed E-state index contributed by atoms with van der Waals surface area (Å²) in [6.45, 7) is 2.76. The third-order valence-electron chi connectivity index (χ3n) is 1.83. The van der Waals surface area contributed by atoms with Crippen molar-refractivity contribution in [3.8, 4) is 0 Å². The van der Waals surface area contributed by atoms with Gasteiger partial charge < -0.3 is 4.74 Å². The van der Waals surface area contributed by atoms with Gasteiger partial charge in [0.2, 0.25) is 0 Å². The van der Waals surface area contributed by atoms with Gasteiger partial charge in [0.15, 0.2) is 0 Å². The molecule has 0 spiro atoms. The van der Waals surface area contributed by atoms with E-state index >= 15 is 0 Å². The van der Waals surface area contributed by atoms with Crippen LogP contribution in [0.4, 0.5) is 0 Å². The summed E-state index contributed by atoms with van der Waals surface area (Å²) in [6, 6.07) is 5.58. The maximum atomic E-state index is 5.71. The van der Waals surface area contributed by atoms with Gasteiger partial charge in [0.05, 0.1) is 12.3 Å². The SMILES string of the molecule is CC1(c2cccc(Cl)n2)CO1. The quantitative estimate of drug-likeness (QED) is 0.475. The Kier molecular flexibility index (Phi) is 1.41. The summed E-state index contributed by atoms with van der Waals surface area (Å²) in [5.74, 6) is 0. The van der Waals surface area contributed by atoms with Crippen molar-refractivity contribution in [3.63, 3.8) is 0 Å². The van der Waals surface area contributed by atoms with Gasteiger partial charge in [-0.3, -0.25) is 0 Å². The predicted octanol–water partition coefficient (Wildman–Crippen LogP) is 1.98. The van der Waals surface area contributed by atoms with Crippen LogP contribution >= 0.6 is 11.6 Å². The van der Waals surface area contributed by atoms with Crippen molar-refractivity contribution in [2.45, 2.75) is 12.5 Å². The molecule has 0 radical (unpaired) electrons. The van der Waals surface area contributed by atoms with Gasteiger partial charge in [-0.25, -0.2) is 4.98 Å². The Labute approximate surface area is 70.2 Å². The Hall–Kier alpha value is -0.600. The molecule has 0 aliphatic carbocycles. The first kappa shape index (κ1) is 7.07. The number of hydrogen-bond donors (Lipinski definition) is 0. The molecule has 2 rings (SSSR count). The van der Waals surface area contributed by atoms with Crippen LogP contribution in [0.15, 0.2) is 18.2 Å². The summed E-state index contributed by atoms with van der Waals surface area (Å²) in [4.78, 5) is 4.15. The Balaban J connectivity index is 2.38. The minimum Gasteiger partial charge on any atom is -0.363 e. The topological polar surface area (TPSA) is 25.4 Å². The second kappa shape index (κ2) is 2.19. The third kappa shape index (κ3) is 1.24. The highest BCUT2D eigenvalue weighted by Gasteiger charge is 2.42. The van der Waals surface area contributed by atoms with E-state index in [4.69, 9.17) is 16.3 Å². The molecule has 3 heteroatoms. The van der Waals surface area contributed by atoms with Crippen molar-refractivity contribution in [3.05, 3.63) is 29.0 Å². The number of nitrogens with zero attached hydrogens (tertiary/aromatic N) is 1. The Morgan fingerprint density at radius 2 is 2.36 bits per heavy atom. The van der Waals surface area contributed by atoms with Crippen LogP contribution in [0.5, 0.6) is 0 Å². The molecule has 1 aromatic heterocycles. The molecule has 2 heterocycles. The van der Waals surface area contributed by atoms with Gasteiger partial charge in [-0.05, 0) is 19.1 Å². The molecule has 11 heavy (non-hydrogen) atoms. The van der Waals surface area contributed by atoms with Crippen molar-refractivity contribution in [2.24, 2.45) is 0 Å². The lowest BCUT2D eigenvalue weighted by molar-refractivity contribution is 0.324. The molecule has 1 aliphatic rings. The average molecular weight is 170 g/mol. The summed E-state index contributed by atoms with van der Waals surface area (Å²) in [5.41, 5.74) is 0.759. The van der Waals surface area contributed by atoms with Gasteiger partial charge in [-0.2, -0.15) is 0 Å². The molecule has 0 N–H and O–H groups in total. The van der Waals surface area contributed by atoms with Crippen LogP contribution < -0.4 is 0 Å². The van der Waals surface area contributed by atoms with Crippen LogP contribution in [0.3, 0.4) is 0 Å². The second-order valence-electron chi connectivity index (χ2n) is 2.87. The molecule has 1 atom stereocenters. The van der Waals surface area contributed by atoms with E-state index in [-0.39, 0.29) is 5.60 Å². The van der Waals surface area contributed by atoms with Crippen molar-refractivity contribution in [1.29, 1.82) is 0 Å². The molecular weight excluding hydrogens is 162 g/mol. The van der Waals surface area contributed by atoms with Crippen LogP contribution in [0, 0.1) is 0 Å². The Morgan fingerprint density at radius 1 is 1.64 bits per heavy atom. The molecule has 1 saturated heterocycles. The van der Waals surface area contributed by atoms with Gasteiger partial charge in [-0.1, -0.05) is 17.7 Å². The van der Waals surface area contributed by atoms with Gasteiger partial charge in [-0.15, -0.1) is 0 Å². The highest BCUT2D eigenvalue weighted by molar-refractivity contribution is 6.29. The highest BCUT2D eigenvalue weighted by atomic mass is 35.5. The number of rotatable bonds is 1. The van der Waals surface area contributed by atoms with Gasteiger partial charge in [0, 0.05) is 0 Å². The van der Waals surface area contributed by atoms with Crippen LogP contribution in [0.2, 0.25) is 5.15 Å². The molecule has 2 nitrogen and oxygen atoms in total. The maximum Gasteiger partial charge on any atom is 0.131 e. The van der Waals surface area contributed by atoms with Crippen LogP contribution in [0.1, 0.15) is 12.6 Å². The van der Waals surface area contributed by atoms with E-state index in [1.807, 2.05) is 19.1 Å². The van der Waals surface area contributed by atoms with E-state index in [1.54, 1.807) is 6.07 Å². The van der Waals surface area contributed by atoms with Crippen molar-refractivity contribution in [1.82, 2.24) is 4.98 Å². The van der Waals surface area contributed by atoms with Crippen LogP contribution in [0.25, 0.3) is 0 Å². The van der Waals surface area contributed by atoms with Crippen molar-refractivity contribution < 1.29 is 4.74 Å². The van der Waals surface area contributed by atoms with Gasteiger partial charge in [0.1, 0.15) is 10.8 Å². The predicted molar refractivity (Wildman–Crippen MR) is 42.6 cm³/mol. The summed E-state index contributed by atoms with van der Waals surface area (Å²) in [6.07, 6.45) is 0. The lowest BCUT2D eigenvalue weighted by Crippen LogP contribution is -2.04. The van der Waals surface area contributed by atoms with Gasteiger partial charge >= 0.3 is 0 Å². The zero-order chi connectivity index (χ0) is 7.90. The van der Waals surface area contributed by atoms with E-state index in [2.05, 4.69) is 4.98 Å². The minimum atomic E-state index is -0.162. The number of ether oxygens (including phenoxy) is 1. The molecule has 1 fully saturated rings. The van der Waals surface area contributed by atoms with Crippen molar-refractivity contribution in [2.75, 3.05) is 6.61 Å². The summed E-state index contributed by atoms with van der Waals surface area (Å²) in [7, 11) is 0. The van der Waals surface area contributed by atoms with E-state index in [0.717, 1.165) is 12.3 Å². The average Bonchev–Trinajstić information content (AvgIpc) is 2.70. The summed E-state index contributed by atoms with van der Waals surface area (Å²) < 4.78 is 5.22. The summed E-state index contributed by atoms with van der Waals surface area (Å²) >= 11 is 5.71. The standard InChI is InChI=1S/C8H8ClNO/c1-8(5-11-8)6-3-2-4-7(9)10-6/h2-4H,5H2,1H3. The Morgan fingerprint density at radius 3 is 2.91 bits per heavy atom. The monoisotopic (exact) mass is 169 g/mol. The first-order valence-corrected chi connectivity index (χ1v) is 3.85. The number of hydrogen-bond acceptors (Lipinski definition) is 2. The molecule has 1 aromatic rings. The fourth-order valence-corrected chi connectivity index (χ4v) is 1.12. The number of aromatic nitrogens is 1. The fourth-order valence-electron chi connectivity index (χ4n) is 0.959. The number of halogens is 1. The number of pyridine rings is 1. The van der Waals surface area contributed by atoms with Crippen LogP contribution in [-0.4, -0.2) is 11.6 Å². The lowest BCUT2D eigenvalue weighted by Gasteiger charge is -2.02. The molecule has 0 saturated carbocycles.